The van der Waals surface area contributed by atoms with E-state index < -0.39 is 6.10 Å². The number of phenols is 1. The fourth-order valence-electron chi connectivity index (χ4n) is 2.57. The lowest BCUT2D eigenvalue weighted by atomic mass is 10.1. The summed E-state index contributed by atoms with van der Waals surface area (Å²) in [5.74, 6) is 0.0961. The molecule has 1 aliphatic heterocycles. The van der Waals surface area contributed by atoms with Crippen LogP contribution in [0.2, 0.25) is 0 Å². The first-order chi connectivity index (χ1) is 9.49. The number of hydrogen-bond acceptors (Lipinski definition) is 5. The number of hydrogen-bond donors (Lipinski definition) is 2. The molecule has 0 amide bonds. The van der Waals surface area contributed by atoms with Crippen LogP contribution in [0.25, 0.3) is 0 Å². The average molecular weight is 279 g/mol. The van der Waals surface area contributed by atoms with Crippen molar-refractivity contribution in [1.82, 2.24) is 4.90 Å². The van der Waals surface area contributed by atoms with Gasteiger partial charge in [-0.05, 0) is 51.6 Å². The van der Waals surface area contributed by atoms with Crippen molar-refractivity contribution >= 4 is 5.78 Å². The Morgan fingerprint density at radius 1 is 1.55 bits per heavy atom. The average Bonchev–Trinajstić information content (AvgIpc) is 2.83. The van der Waals surface area contributed by atoms with Crippen LogP contribution < -0.4 is 4.74 Å². The maximum Gasteiger partial charge on any atom is 0.161 e. The highest BCUT2D eigenvalue weighted by Gasteiger charge is 2.28. The molecule has 2 rings (SSSR count). The maximum absolute atomic E-state index is 11.2. The normalized spacial score (nSPS) is 20.9. The standard InChI is InChI=1S/C15H21NO4/c1-10(17)11-5-6-15(13(18)8-11)20-9-14(19)12-4-3-7-16(12)2/h5-6,8,12,14,18-19H,3-4,7,9H2,1-2H3/t12-,14+/m0/s1. The second-order valence-electron chi connectivity index (χ2n) is 5.31. The van der Waals surface area contributed by atoms with Gasteiger partial charge in [0.05, 0.1) is 0 Å². The fourth-order valence-corrected chi connectivity index (χ4v) is 2.57. The van der Waals surface area contributed by atoms with Gasteiger partial charge in [0.25, 0.3) is 0 Å². The predicted molar refractivity (Wildman–Crippen MR) is 75.3 cm³/mol. The van der Waals surface area contributed by atoms with E-state index in [1.807, 2.05) is 7.05 Å². The van der Waals surface area contributed by atoms with Crippen LogP contribution in [0, 0.1) is 0 Å². The third-order valence-corrected chi connectivity index (χ3v) is 3.80. The summed E-state index contributed by atoms with van der Waals surface area (Å²) >= 11 is 0. The molecule has 5 heteroatoms. The molecular weight excluding hydrogens is 258 g/mol. The molecule has 0 aliphatic carbocycles. The number of aliphatic hydroxyl groups excluding tert-OH is 1. The number of benzene rings is 1. The summed E-state index contributed by atoms with van der Waals surface area (Å²) < 4.78 is 5.46. The smallest absolute Gasteiger partial charge is 0.161 e. The number of aliphatic hydroxyl groups is 1. The third kappa shape index (κ3) is 3.29. The highest BCUT2D eigenvalue weighted by molar-refractivity contribution is 5.94. The van der Waals surface area contributed by atoms with Gasteiger partial charge in [-0.15, -0.1) is 0 Å². The van der Waals surface area contributed by atoms with E-state index in [9.17, 15) is 15.0 Å². The van der Waals surface area contributed by atoms with Crippen molar-refractivity contribution < 1.29 is 19.7 Å². The minimum atomic E-state index is -0.589. The van der Waals surface area contributed by atoms with Gasteiger partial charge in [-0.25, -0.2) is 0 Å². The van der Waals surface area contributed by atoms with E-state index in [4.69, 9.17) is 4.74 Å². The lowest BCUT2D eigenvalue weighted by Gasteiger charge is -2.25. The van der Waals surface area contributed by atoms with Crippen LogP contribution in [0.15, 0.2) is 18.2 Å². The van der Waals surface area contributed by atoms with E-state index in [1.54, 1.807) is 12.1 Å². The second kappa shape index (κ2) is 6.24. The van der Waals surface area contributed by atoms with Gasteiger partial charge in [0.15, 0.2) is 17.3 Å². The molecule has 5 nitrogen and oxygen atoms in total. The molecule has 110 valence electrons. The Kier molecular flexibility index (Phi) is 4.62. The van der Waals surface area contributed by atoms with Crippen LogP contribution in [-0.2, 0) is 0 Å². The van der Waals surface area contributed by atoms with Crippen molar-refractivity contribution in [3.63, 3.8) is 0 Å². The molecule has 1 aliphatic rings. The Morgan fingerprint density at radius 3 is 2.85 bits per heavy atom. The van der Waals surface area contributed by atoms with E-state index in [0.717, 1.165) is 19.4 Å². The Morgan fingerprint density at radius 2 is 2.30 bits per heavy atom. The van der Waals surface area contributed by atoms with E-state index >= 15 is 0 Å². The van der Waals surface area contributed by atoms with Crippen molar-refractivity contribution in [2.45, 2.75) is 31.9 Å². The zero-order valence-electron chi connectivity index (χ0n) is 11.9. The maximum atomic E-state index is 11.2. The minimum Gasteiger partial charge on any atom is -0.504 e. The van der Waals surface area contributed by atoms with Crippen LogP contribution in [0.3, 0.4) is 0 Å². The number of phenolic OH excluding ortho intramolecular Hbond substituents is 1. The quantitative estimate of drug-likeness (QED) is 0.798. The number of likely N-dealkylation sites (tertiary alicyclic amines) is 1. The molecule has 20 heavy (non-hydrogen) atoms. The molecule has 1 aromatic carbocycles. The second-order valence-corrected chi connectivity index (χ2v) is 5.31. The minimum absolute atomic E-state index is 0.0790. The lowest BCUT2D eigenvalue weighted by molar-refractivity contribution is 0.0433. The van der Waals surface area contributed by atoms with Gasteiger partial charge in [0.2, 0.25) is 0 Å². The van der Waals surface area contributed by atoms with Crippen LogP contribution in [0.1, 0.15) is 30.1 Å². The number of ketones is 1. The van der Waals surface area contributed by atoms with Crippen molar-refractivity contribution in [2.24, 2.45) is 0 Å². The zero-order valence-corrected chi connectivity index (χ0v) is 11.9. The molecule has 1 aromatic rings. The van der Waals surface area contributed by atoms with Gasteiger partial charge in [0, 0.05) is 11.6 Å². The molecule has 0 radical (unpaired) electrons. The monoisotopic (exact) mass is 279 g/mol. The van der Waals surface area contributed by atoms with Gasteiger partial charge in [-0.1, -0.05) is 0 Å². The number of likely N-dealkylation sites (N-methyl/N-ethyl adjacent to an activating group) is 1. The SMILES string of the molecule is CC(=O)c1ccc(OC[C@@H](O)[C@@H]2CCCN2C)c(O)c1. The van der Waals surface area contributed by atoms with Gasteiger partial charge < -0.3 is 19.8 Å². The number of Topliss-reactive ketones (excluding diaryl/α,β-unsaturated/α-hetero) is 1. The Hall–Kier alpha value is -1.59. The molecule has 1 saturated heterocycles. The van der Waals surface area contributed by atoms with Crippen molar-refractivity contribution in [3.05, 3.63) is 23.8 Å². The topological polar surface area (TPSA) is 70.0 Å². The van der Waals surface area contributed by atoms with Crippen molar-refractivity contribution in [2.75, 3.05) is 20.2 Å². The summed E-state index contributed by atoms with van der Waals surface area (Å²) in [7, 11) is 1.99. The molecular formula is C15H21NO4. The highest BCUT2D eigenvalue weighted by Crippen LogP contribution is 2.28. The largest absolute Gasteiger partial charge is 0.504 e. The number of carbonyl (C=O) groups is 1. The third-order valence-electron chi connectivity index (χ3n) is 3.80. The number of nitrogens with zero attached hydrogens (tertiary/aromatic N) is 1. The first kappa shape index (κ1) is 14.8. The first-order valence-corrected chi connectivity index (χ1v) is 6.84. The summed E-state index contributed by atoms with van der Waals surface area (Å²) in [6, 6.07) is 4.64. The number of rotatable bonds is 5. The number of aromatic hydroxyl groups is 1. The number of carbonyl (C=O) groups excluding carboxylic acids is 1. The van der Waals surface area contributed by atoms with Crippen molar-refractivity contribution in [3.8, 4) is 11.5 Å². The molecule has 1 heterocycles. The molecule has 0 spiro atoms. The summed E-state index contributed by atoms with van der Waals surface area (Å²) in [6.07, 6.45) is 1.45. The van der Waals surface area contributed by atoms with Crippen LogP contribution in [-0.4, -0.2) is 53.2 Å². The summed E-state index contributed by atoms with van der Waals surface area (Å²) in [5.41, 5.74) is 0.436. The fraction of sp³-hybridized carbons (Fsp3) is 0.533. The van der Waals surface area contributed by atoms with E-state index in [0.29, 0.717) is 5.56 Å². The molecule has 2 atom stereocenters. The summed E-state index contributed by atoms with van der Waals surface area (Å²) in [5, 5.41) is 19.9. The van der Waals surface area contributed by atoms with E-state index in [-0.39, 0.29) is 29.9 Å². The molecule has 0 saturated carbocycles. The Labute approximate surface area is 118 Å². The van der Waals surface area contributed by atoms with Gasteiger partial charge in [0.1, 0.15) is 12.7 Å². The number of ether oxygens (including phenoxy) is 1. The van der Waals surface area contributed by atoms with Gasteiger partial charge >= 0.3 is 0 Å². The summed E-state index contributed by atoms with van der Waals surface area (Å²) in [4.78, 5) is 13.3. The van der Waals surface area contributed by atoms with Gasteiger partial charge in [-0.2, -0.15) is 0 Å². The van der Waals surface area contributed by atoms with Crippen LogP contribution in [0.5, 0.6) is 11.5 Å². The zero-order chi connectivity index (χ0) is 14.7. The Bertz CT molecular complexity index is 489. The molecule has 1 fully saturated rings. The molecule has 2 N–H and O–H groups in total. The molecule has 0 unspecified atom stereocenters. The molecule has 0 aromatic heterocycles. The lowest BCUT2D eigenvalue weighted by Crippen LogP contribution is -2.39. The molecule has 0 bridgehead atoms. The van der Waals surface area contributed by atoms with E-state index in [1.165, 1.54) is 13.0 Å². The highest BCUT2D eigenvalue weighted by atomic mass is 16.5. The van der Waals surface area contributed by atoms with Crippen LogP contribution in [0.4, 0.5) is 0 Å². The Balaban J connectivity index is 1.95. The summed E-state index contributed by atoms with van der Waals surface area (Å²) in [6.45, 7) is 2.55. The van der Waals surface area contributed by atoms with Crippen molar-refractivity contribution in [1.29, 1.82) is 0 Å². The van der Waals surface area contributed by atoms with E-state index in [2.05, 4.69) is 4.90 Å². The predicted octanol–water partition coefficient (Wildman–Crippen LogP) is 1.43. The van der Waals surface area contributed by atoms with Gasteiger partial charge in [-0.3, -0.25) is 4.79 Å². The first-order valence-electron chi connectivity index (χ1n) is 6.84. The van der Waals surface area contributed by atoms with Crippen LogP contribution >= 0.6 is 0 Å².